The van der Waals surface area contributed by atoms with Gasteiger partial charge < -0.3 is 5.32 Å². The lowest BCUT2D eigenvalue weighted by molar-refractivity contribution is 0.282. The summed E-state index contributed by atoms with van der Waals surface area (Å²) in [5, 5.41) is 4.42. The molecule has 0 saturated heterocycles. The van der Waals surface area contributed by atoms with Crippen molar-refractivity contribution in [1.82, 2.24) is 5.32 Å². The molecule has 1 nitrogen and oxygen atoms in total. The molecule has 1 fully saturated rings. The van der Waals surface area contributed by atoms with Gasteiger partial charge in [0.25, 0.3) is 0 Å². The van der Waals surface area contributed by atoms with E-state index >= 15 is 0 Å². The van der Waals surface area contributed by atoms with Crippen LogP contribution in [0.25, 0.3) is 0 Å². The molecule has 2 heteroatoms. The quantitative estimate of drug-likeness (QED) is 0.783. The molecule has 0 radical (unpaired) electrons. The third kappa shape index (κ3) is 4.62. The van der Waals surface area contributed by atoms with Gasteiger partial charge in [-0.15, -0.1) is 0 Å². The highest BCUT2D eigenvalue weighted by atomic mass is 35.5. The number of hydrogen-bond acceptors (Lipinski definition) is 1. The van der Waals surface area contributed by atoms with Crippen LogP contribution in [-0.2, 0) is 6.42 Å². The molecular weight excluding hydrogens is 242 g/mol. The average molecular weight is 266 g/mol. The summed E-state index contributed by atoms with van der Waals surface area (Å²) in [5.74, 6) is 1.86. The smallest absolute Gasteiger partial charge is 0.0406 e. The number of benzene rings is 1. The van der Waals surface area contributed by atoms with Crippen molar-refractivity contribution in [2.75, 3.05) is 13.1 Å². The SMILES string of the molecule is CC1CCC(CNCCc2ccc(Cl)cc2)CC1. The summed E-state index contributed by atoms with van der Waals surface area (Å²) in [5.41, 5.74) is 1.36. The van der Waals surface area contributed by atoms with E-state index in [0.717, 1.165) is 29.8 Å². The monoisotopic (exact) mass is 265 g/mol. The second-order valence-electron chi connectivity index (χ2n) is 5.71. The molecule has 1 N–H and O–H groups in total. The van der Waals surface area contributed by atoms with Crippen LogP contribution in [0.2, 0.25) is 5.02 Å². The summed E-state index contributed by atoms with van der Waals surface area (Å²) in [4.78, 5) is 0. The molecule has 1 aliphatic carbocycles. The molecular formula is C16H24ClN. The van der Waals surface area contributed by atoms with Gasteiger partial charge in [0.1, 0.15) is 0 Å². The van der Waals surface area contributed by atoms with E-state index in [1.54, 1.807) is 0 Å². The third-order valence-electron chi connectivity index (χ3n) is 4.07. The second-order valence-corrected chi connectivity index (χ2v) is 6.14. The summed E-state index contributed by atoms with van der Waals surface area (Å²) in [6.45, 7) is 4.65. The van der Waals surface area contributed by atoms with Crippen LogP contribution in [0.5, 0.6) is 0 Å². The van der Waals surface area contributed by atoms with Crippen LogP contribution in [0.15, 0.2) is 24.3 Å². The fourth-order valence-electron chi connectivity index (χ4n) is 2.72. The molecule has 0 amide bonds. The zero-order chi connectivity index (χ0) is 12.8. The molecule has 0 heterocycles. The standard InChI is InChI=1S/C16H24ClN/c1-13-2-4-15(5-3-13)12-18-11-10-14-6-8-16(17)9-7-14/h6-9,13,15,18H,2-5,10-12H2,1H3. The van der Waals surface area contributed by atoms with E-state index in [-0.39, 0.29) is 0 Å². The van der Waals surface area contributed by atoms with Crippen LogP contribution in [0.3, 0.4) is 0 Å². The topological polar surface area (TPSA) is 12.0 Å². The maximum absolute atomic E-state index is 5.87. The van der Waals surface area contributed by atoms with E-state index in [9.17, 15) is 0 Å². The van der Waals surface area contributed by atoms with Crippen molar-refractivity contribution in [2.45, 2.75) is 39.0 Å². The molecule has 2 rings (SSSR count). The molecule has 0 aromatic heterocycles. The molecule has 0 unspecified atom stereocenters. The lowest BCUT2D eigenvalue weighted by atomic mass is 9.83. The van der Waals surface area contributed by atoms with Gasteiger partial charge in [0.2, 0.25) is 0 Å². The van der Waals surface area contributed by atoms with E-state index in [2.05, 4.69) is 24.4 Å². The highest BCUT2D eigenvalue weighted by molar-refractivity contribution is 6.30. The van der Waals surface area contributed by atoms with Crippen molar-refractivity contribution in [3.05, 3.63) is 34.9 Å². The van der Waals surface area contributed by atoms with E-state index in [4.69, 9.17) is 11.6 Å². The van der Waals surface area contributed by atoms with Crippen LogP contribution in [0.4, 0.5) is 0 Å². The van der Waals surface area contributed by atoms with Crippen molar-refractivity contribution in [1.29, 1.82) is 0 Å². The first-order valence-corrected chi connectivity index (χ1v) is 7.57. The summed E-state index contributed by atoms with van der Waals surface area (Å²) >= 11 is 5.87. The minimum Gasteiger partial charge on any atom is -0.316 e. The largest absolute Gasteiger partial charge is 0.316 e. The summed E-state index contributed by atoms with van der Waals surface area (Å²) in [6.07, 6.45) is 6.76. The normalized spacial score (nSPS) is 24.1. The van der Waals surface area contributed by atoms with Gasteiger partial charge in [0.15, 0.2) is 0 Å². The van der Waals surface area contributed by atoms with Gasteiger partial charge in [-0.05, 0) is 61.9 Å². The zero-order valence-electron chi connectivity index (χ0n) is 11.3. The van der Waals surface area contributed by atoms with Crippen LogP contribution < -0.4 is 5.32 Å². The summed E-state index contributed by atoms with van der Waals surface area (Å²) in [7, 11) is 0. The second kappa shape index (κ2) is 7.16. The van der Waals surface area contributed by atoms with Crippen LogP contribution >= 0.6 is 11.6 Å². The Hall–Kier alpha value is -0.530. The van der Waals surface area contributed by atoms with Crippen molar-refractivity contribution in [3.8, 4) is 0 Å². The van der Waals surface area contributed by atoms with Crippen molar-refractivity contribution in [2.24, 2.45) is 11.8 Å². The highest BCUT2D eigenvalue weighted by Crippen LogP contribution is 2.27. The molecule has 1 aromatic carbocycles. The molecule has 0 aliphatic heterocycles. The van der Waals surface area contributed by atoms with Crippen molar-refractivity contribution in [3.63, 3.8) is 0 Å². The Balaban J connectivity index is 1.60. The van der Waals surface area contributed by atoms with Gasteiger partial charge >= 0.3 is 0 Å². The van der Waals surface area contributed by atoms with Crippen LogP contribution in [0.1, 0.15) is 38.2 Å². The lowest BCUT2D eigenvalue weighted by Crippen LogP contribution is -2.27. The molecule has 0 bridgehead atoms. The van der Waals surface area contributed by atoms with Crippen LogP contribution in [0, 0.1) is 11.8 Å². The molecule has 0 spiro atoms. The van der Waals surface area contributed by atoms with E-state index in [1.807, 2.05) is 12.1 Å². The maximum atomic E-state index is 5.87. The van der Waals surface area contributed by atoms with Gasteiger partial charge in [0, 0.05) is 5.02 Å². The molecule has 100 valence electrons. The van der Waals surface area contributed by atoms with Crippen LogP contribution in [-0.4, -0.2) is 13.1 Å². The Labute approximate surface area is 116 Å². The van der Waals surface area contributed by atoms with Gasteiger partial charge in [0.05, 0.1) is 0 Å². The average Bonchev–Trinajstić information content (AvgIpc) is 2.39. The predicted octanol–water partition coefficient (Wildman–Crippen LogP) is 4.30. The first-order valence-electron chi connectivity index (χ1n) is 7.19. The number of nitrogens with one attached hydrogen (secondary N) is 1. The zero-order valence-corrected chi connectivity index (χ0v) is 12.0. The predicted molar refractivity (Wildman–Crippen MR) is 79.1 cm³/mol. The van der Waals surface area contributed by atoms with Gasteiger partial charge in [-0.3, -0.25) is 0 Å². The summed E-state index contributed by atoms with van der Waals surface area (Å²) < 4.78 is 0. The van der Waals surface area contributed by atoms with Gasteiger partial charge in [-0.1, -0.05) is 43.5 Å². The van der Waals surface area contributed by atoms with Crippen molar-refractivity contribution >= 4 is 11.6 Å². The fraction of sp³-hybridized carbons (Fsp3) is 0.625. The Morgan fingerprint density at radius 2 is 1.78 bits per heavy atom. The molecule has 0 atom stereocenters. The summed E-state index contributed by atoms with van der Waals surface area (Å²) in [6, 6.07) is 8.18. The van der Waals surface area contributed by atoms with Crippen molar-refractivity contribution < 1.29 is 0 Å². The Morgan fingerprint density at radius 3 is 2.44 bits per heavy atom. The Morgan fingerprint density at radius 1 is 1.11 bits per heavy atom. The first-order chi connectivity index (χ1) is 8.74. The lowest BCUT2D eigenvalue weighted by Gasteiger charge is -2.26. The minimum atomic E-state index is 0.822. The van der Waals surface area contributed by atoms with E-state index < -0.39 is 0 Å². The maximum Gasteiger partial charge on any atom is 0.0406 e. The minimum absolute atomic E-state index is 0.822. The molecule has 1 aromatic rings. The van der Waals surface area contributed by atoms with E-state index in [0.29, 0.717) is 0 Å². The first kappa shape index (κ1) is 13.9. The fourth-order valence-corrected chi connectivity index (χ4v) is 2.85. The molecule has 18 heavy (non-hydrogen) atoms. The van der Waals surface area contributed by atoms with Gasteiger partial charge in [-0.25, -0.2) is 0 Å². The third-order valence-corrected chi connectivity index (χ3v) is 4.32. The van der Waals surface area contributed by atoms with E-state index in [1.165, 1.54) is 37.8 Å². The molecule has 1 saturated carbocycles. The molecule has 1 aliphatic rings. The Bertz CT molecular complexity index is 339. The number of hydrogen-bond donors (Lipinski definition) is 1. The highest BCUT2D eigenvalue weighted by Gasteiger charge is 2.17. The number of halogens is 1. The van der Waals surface area contributed by atoms with Gasteiger partial charge in [-0.2, -0.15) is 0 Å². The Kier molecular flexibility index (Phi) is 5.52. The number of rotatable bonds is 5.